The van der Waals surface area contributed by atoms with Crippen molar-refractivity contribution in [2.75, 3.05) is 56.7 Å². The number of anilines is 2. The Morgan fingerprint density at radius 1 is 0.658 bits per heavy atom. The van der Waals surface area contributed by atoms with E-state index in [1.807, 2.05) is 0 Å². The van der Waals surface area contributed by atoms with Gasteiger partial charge in [0.2, 0.25) is 0 Å². The van der Waals surface area contributed by atoms with Crippen LogP contribution in [0.25, 0.3) is 44.8 Å². The first kappa shape index (κ1) is 49.1. The number of aromatic nitrogens is 8. The Hall–Kier alpha value is -7.49. The maximum atomic E-state index is 14.6. The number of benzene rings is 2. The number of nitrogens with zero attached hydrogens (tertiary/aromatic N) is 8. The molecule has 2 amide bonds. The predicted molar refractivity (Wildman–Crippen MR) is 261 cm³/mol. The van der Waals surface area contributed by atoms with Crippen molar-refractivity contribution in [3.8, 4) is 28.5 Å². The molecule has 2 unspecified atom stereocenters. The van der Waals surface area contributed by atoms with E-state index in [2.05, 4.69) is 50.5 Å². The zero-order valence-electron chi connectivity index (χ0n) is 38.5. The third-order valence-electron chi connectivity index (χ3n) is 12.7. The van der Waals surface area contributed by atoms with Crippen LogP contribution in [-0.2, 0) is 11.3 Å². The zero-order valence-corrected chi connectivity index (χ0v) is 40.0. The molecule has 0 bridgehead atoms. The maximum Gasteiger partial charge on any atom is 0.257 e. The number of rotatable bonds is 10. The van der Waals surface area contributed by atoms with Gasteiger partial charge in [-0.1, -0.05) is 23.2 Å². The fourth-order valence-corrected chi connectivity index (χ4v) is 9.57. The minimum absolute atomic E-state index is 0.0000156. The number of hydrogen-bond acceptors (Lipinski definition) is 12. The largest absolute Gasteiger partial charge is 0.466 e. The van der Waals surface area contributed by atoms with Gasteiger partial charge in [-0.3, -0.25) is 9.59 Å². The Kier molecular flexibility index (Phi) is 14.3. The molecule has 2 fully saturated rings. The molecule has 8 aromatic rings. The van der Waals surface area contributed by atoms with E-state index >= 15 is 0 Å². The third kappa shape index (κ3) is 11.0. The average molecular weight is 1040 g/mol. The number of pyridine rings is 2. The number of ether oxygens (including phenoxy) is 2. The monoisotopic (exact) mass is 1040 g/mol. The molecule has 23 heteroatoms. The van der Waals surface area contributed by atoms with Crippen LogP contribution in [0, 0.1) is 40.9 Å². The summed E-state index contributed by atoms with van der Waals surface area (Å²) >= 11 is 12.2. The number of fused-ring (bicyclic) bond motifs is 3. The molecule has 3 aliphatic heterocycles. The summed E-state index contributed by atoms with van der Waals surface area (Å²) in [5, 5.41) is 8.47. The highest BCUT2D eigenvalue weighted by atomic mass is 35.5. The topological polar surface area (TPSA) is 192 Å². The van der Waals surface area contributed by atoms with Crippen LogP contribution >= 0.6 is 23.2 Å². The minimum Gasteiger partial charge on any atom is -0.466 e. The first-order valence-corrected chi connectivity index (χ1v) is 24.0. The molecular weight excluding hydrogens is 999 g/mol. The number of amides is 2. The fraction of sp³-hybridized carbons (Fsp3) is 0.280. The molecule has 0 saturated carbocycles. The SMILES string of the molecule is O=C(c1cc(F)cc(F)c1)N1CCCC(CNc2nc(-c3c[nH]c4ncc(Cl)cc34)ncc2F)C1.O=C(c1cc(F)cc2c1OCOC2)N1CCCC(CNc2nc(-c3c[nH]c4ncc(Cl)cc34)ncc2F)C1. The van der Waals surface area contributed by atoms with Gasteiger partial charge in [0.25, 0.3) is 11.8 Å². The summed E-state index contributed by atoms with van der Waals surface area (Å²) in [5.41, 5.74) is 3.19. The summed E-state index contributed by atoms with van der Waals surface area (Å²) in [6, 6.07) is 8.78. The van der Waals surface area contributed by atoms with E-state index in [4.69, 9.17) is 32.7 Å². The van der Waals surface area contributed by atoms with Crippen molar-refractivity contribution < 1.29 is 41.0 Å². The number of halogens is 7. The molecular formula is C50H43Cl2F5N12O4. The first-order valence-electron chi connectivity index (χ1n) is 23.2. The van der Waals surface area contributed by atoms with Gasteiger partial charge in [0, 0.05) is 103 Å². The van der Waals surface area contributed by atoms with E-state index in [-0.39, 0.29) is 53.9 Å². The Bertz CT molecular complexity index is 3360. The van der Waals surface area contributed by atoms with Crippen LogP contribution in [0.2, 0.25) is 10.0 Å². The fourth-order valence-electron chi connectivity index (χ4n) is 9.25. The second-order valence-corrected chi connectivity index (χ2v) is 18.6. The van der Waals surface area contributed by atoms with Crippen LogP contribution in [0.15, 0.2) is 79.6 Å². The van der Waals surface area contributed by atoms with E-state index in [9.17, 15) is 31.5 Å². The lowest BCUT2D eigenvalue weighted by Gasteiger charge is -2.33. The number of piperidine rings is 2. The maximum absolute atomic E-state index is 14.6. The quantitative estimate of drug-likeness (QED) is 0.0950. The lowest BCUT2D eigenvalue weighted by Crippen LogP contribution is -2.42. The van der Waals surface area contributed by atoms with Gasteiger partial charge in [0.05, 0.1) is 34.6 Å². The number of carbonyl (C=O) groups is 2. The Morgan fingerprint density at radius 3 is 1.73 bits per heavy atom. The molecule has 16 nitrogen and oxygen atoms in total. The van der Waals surface area contributed by atoms with Gasteiger partial charge in [0.15, 0.2) is 41.7 Å². The van der Waals surface area contributed by atoms with Gasteiger partial charge in [-0.05, 0) is 73.9 Å². The summed E-state index contributed by atoms with van der Waals surface area (Å²) in [6.07, 6.45) is 11.8. The molecule has 0 radical (unpaired) electrons. The van der Waals surface area contributed by atoms with Crippen molar-refractivity contribution in [2.24, 2.45) is 11.8 Å². The van der Waals surface area contributed by atoms with Crippen molar-refractivity contribution in [3.63, 3.8) is 0 Å². The Balaban J connectivity index is 0.000000168. The molecule has 0 aliphatic carbocycles. The molecule has 0 spiro atoms. The highest BCUT2D eigenvalue weighted by Crippen LogP contribution is 2.33. The van der Waals surface area contributed by atoms with Crippen molar-refractivity contribution in [1.82, 2.24) is 49.7 Å². The predicted octanol–water partition coefficient (Wildman–Crippen LogP) is 9.84. The standard InChI is InChI=1S/C26H23ClF2N6O3.C24H20ClF3N6O/c27-16-5-18-20(9-32-23(18)31-8-16)24-33-10-21(29)25(34-24)30-7-14-2-1-3-35(11-14)26(36)19-6-17(28)4-15-12-37-13-38-22(15)19;25-15-6-18-19(10-31-21(18)30-9-15)22-32-11-20(28)23(33-22)29-8-13-2-1-3-34(12-13)24(35)14-4-16(26)7-17(27)5-14/h4-6,8-10,14H,1-3,7,11-13H2,(H,31,32)(H,30,33,34);4-7,9-11,13H,1-3,8,12H2,(H,30,31)(H,29,32,33). The molecule has 2 saturated heterocycles. The number of likely N-dealkylation sites (tertiary alicyclic amines) is 2. The number of H-pyrrole nitrogens is 2. The number of aromatic amines is 2. The lowest BCUT2D eigenvalue weighted by molar-refractivity contribution is -0.0173. The van der Waals surface area contributed by atoms with Gasteiger partial charge < -0.3 is 39.9 Å². The summed E-state index contributed by atoms with van der Waals surface area (Å²) in [4.78, 5) is 60.8. The van der Waals surface area contributed by atoms with Gasteiger partial charge in [-0.2, -0.15) is 0 Å². The molecule has 11 rings (SSSR count). The summed E-state index contributed by atoms with van der Waals surface area (Å²) in [6.45, 7) is 2.78. The highest BCUT2D eigenvalue weighted by molar-refractivity contribution is 6.31. The molecule has 4 N–H and O–H groups in total. The molecule has 376 valence electrons. The van der Waals surface area contributed by atoms with E-state index in [0.717, 1.165) is 61.7 Å². The van der Waals surface area contributed by atoms with Gasteiger partial charge in [0.1, 0.15) is 34.5 Å². The first-order chi connectivity index (χ1) is 35.3. The van der Waals surface area contributed by atoms with Gasteiger partial charge in [-0.25, -0.2) is 51.9 Å². The van der Waals surface area contributed by atoms with Crippen LogP contribution in [0.1, 0.15) is 52.0 Å². The van der Waals surface area contributed by atoms with Crippen LogP contribution in [-0.4, -0.2) is 108 Å². The normalized spacial score (nSPS) is 16.6. The van der Waals surface area contributed by atoms with Crippen LogP contribution < -0.4 is 15.4 Å². The van der Waals surface area contributed by atoms with E-state index in [0.29, 0.717) is 100 Å². The van der Waals surface area contributed by atoms with Crippen LogP contribution in [0.3, 0.4) is 0 Å². The third-order valence-corrected chi connectivity index (χ3v) is 13.1. The summed E-state index contributed by atoms with van der Waals surface area (Å²) in [7, 11) is 0. The molecule has 2 aromatic carbocycles. The Labute approximate surface area is 422 Å². The van der Waals surface area contributed by atoms with Crippen LogP contribution in [0.5, 0.6) is 5.75 Å². The van der Waals surface area contributed by atoms with Crippen LogP contribution in [0.4, 0.5) is 33.6 Å². The molecule has 2 atom stereocenters. The number of nitrogens with one attached hydrogen (secondary N) is 4. The molecule has 3 aliphatic rings. The zero-order chi connectivity index (χ0) is 50.8. The van der Waals surface area contributed by atoms with Crippen molar-refractivity contribution in [2.45, 2.75) is 32.3 Å². The van der Waals surface area contributed by atoms with Gasteiger partial charge >= 0.3 is 0 Å². The number of hydrogen-bond donors (Lipinski definition) is 4. The summed E-state index contributed by atoms with van der Waals surface area (Å²) in [5.74, 6) is -2.90. The van der Waals surface area contributed by atoms with E-state index in [1.165, 1.54) is 24.5 Å². The molecule has 9 heterocycles. The molecule has 6 aromatic heterocycles. The van der Waals surface area contributed by atoms with Crippen molar-refractivity contribution in [1.29, 1.82) is 0 Å². The Morgan fingerprint density at radius 2 is 1.18 bits per heavy atom. The van der Waals surface area contributed by atoms with E-state index < -0.39 is 35.0 Å². The molecule has 73 heavy (non-hydrogen) atoms. The summed E-state index contributed by atoms with van der Waals surface area (Å²) < 4.78 is 81.1. The number of carbonyl (C=O) groups excluding carboxylic acids is 2. The van der Waals surface area contributed by atoms with Crippen molar-refractivity contribution in [3.05, 3.63) is 135 Å². The second kappa shape index (κ2) is 21.3. The average Bonchev–Trinajstić information content (AvgIpc) is 4.01. The smallest absolute Gasteiger partial charge is 0.257 e. The van der Waals surface area contributed by atoms with E-state index in [1.54, 1.807) is 34.3 Å². The lowest BCUT2D eigenvalue weighted by atomic mass is 9.96. The van der Waals surface area contributed by atoms with Crippen molar-refractivity contribution >= 4 is 68.7 Å². The van der Waals surface area contributed by atoms with Gasteiger partial charge in [-0.15, -0.1) is 0 Å². The minimum atomic E-state index is -0.799. The second-order valence-electron chi connectivity index (χ2n) is 17.8. The highest BCUT2D eigenvalue weighted by Gasteiger charge is 2.30.